The van der Waals surface area contributed by atoms with Gasteiger partial charge in [-0.25, -0.2) is 17.7 Å². The maximum Gasteiger partial charge on any atom is 0.242 e. The molecule has 2 aromatic carbocycles. The SMILES string of the molecule is CCC(C)(C)c1ccc(S(=O)(=O)N(C)CCCNc2cc(-c3ccccc3Cl)nc3c(Br)cnn23)cc1. The minimum absolute atomic E-state index is 0.00805. The van der Waals surface area contributed by atoms with Crippen molar-refractivity contribution < 1.29 is 8.42 Å². The molecule has 2 aromatic heterocycles. The van der Waals surface area contributed by atoms with E-state index in [2.05, 4.69) is 47.1 Å². The van der Waals surface area contributed by atoms with Crippen LogP contribution in [0.5, 0.6) is 0 Å². The lowest BCUT2D eigenvalue weighted by atomic mass is 9.82. The molecule has 0 radical (unpaired) electrons. The summed E-state index contributed by atoms with van der Waals surface area (Å²) < 4.78 is 30.1. The van der Waals surface area contributed by atoms with Gasteiger partial charge in [0.2, 0.25) is 10.0 Å². The molecule has 0 unspecified atom stereocenters. The van der Waals surface area contributed by atoms with Crippen molar-refractivity contribution in [2.45, 2.75) is 43.9 Å². The van der Waals surface area contributed by atoms with Crippen molar-refractivity contribution in [3.63, 3.8) is 0 Å². The smallest absolute Gasteiger partial charge is 0.242 e. The lowest BCUT2D eigenvalue weighted by molar-refractivity contribution is 0.465. The molecule has 0 atom stereocenters. The molecule has 7 nitrogen and oxygen atoms in total. The van der Waals surface area contributed by atoms with Gasteiger partial charge in [-0.3, -0.25) is 0 Å². The summed E-state index contributed by atoms with van der Waals surface area (Å²) in [6, 6.07) is 16.7. The number of nitrogens with zero attached hydrogens (tertiary/aromatic N) is 4. The van der Waals surface area contributed by atoms with Crippen LogP contribution < -0.4 is 5.32 Å². The first-order valence-electron chi connectivity index (χ1n) is 12.1. The zero-order chi connectivity index (χ0) is 26.8. The average Bonchev–Trinajstić information content (AvgIpc) is 3.27. The van der Waals surface area contributed by atoms with Gasteiger partial charge in [0.15, 0.2) is 5.65 Å². The summed E-state index contributed by atoms with van der Waals surface area (Å²) in [5, 5.41) is 8.40. The lowest BCUT2D eigenvalue weighted by Crippen LogP contribution is -2.29. The third kappa shape index (κ3) is 5.85. The van der Waals surface area contributed by atoms with Crippen LogP contribution in [0, 0.1) is 0 Å². The number of halogens is 2. The summed E-state index contributed by atoms with van der Waals surface area (Å²) in [7, 11) is -1.96. The summed E-state index contributed by atoms with van der Waals surface area (Å²) in [4.78, 5) is 5.02. The van der Waals surface area contributed by atoms with E-state index < -0.39 is 10.0 Å². The molecule has 37 heavy (non-hydrogen) atoms. The van der Waals surface area contributed by atoms with E-state index in [-0.39, 0.29) is 5.41 Å². The van der Waals surface area contributed by atoms with E-state index in [0.717, 1.165) is 33.5 Å². The molecule has 1 N–H and O–H groups in total. The molecule has 4 aromatic rings. The largest absolute Gasteiger partial charge is 0.370 e. The second-order valence-electron chi connectivity index (χ2n) is 9.60. The van der Waals surface area contributed by atoms with Crippen LogP contribution in [0.4, 0.5) is 5.82 Å². The molecule has 0 aliphatic heterocycles. The molecular weight excluding hydrogens is 574 g/mol. The second kappa shape index (κ2) is 11.1. The molecule has 0 aliphatic rings. The average molecular weight is 605 g/mol. The minimum Gasteiger partial charge on any atom is -0.370 e. The van der Waals surface area contributed by atoms with Crippen molar-refractivity contribution in [3.8, 4) is 11.3 Å². The molecule has 0 saturated heterocycles. The van der Waals surface area contributed by atoms with E-state index in [4.69, 9.17) is 16.6 Å². The van der Waals surface area contributed by atoms with Gasteiger partial charge in [-0.15, -0.1) is 0 Å². The molecule has 0 saturated carbocycles. The third-order valence-electron chi connectivity index (χ3n) is 6.76. The highest BCUT2D eigenvalue weighted by Crippen LogP contribution is 2.31. The maximum atomic E-state index is 13.1. The number of hydrogen-bond donors (Lipinski definition) is 1. The molecule has 0 aliphatic carbocycles. The quantitative estimate of drug-likeness (QED) is 0.206. The highest BCUT2D eigenvalue weighted by molar-refractivity contribution is 9.10. The van der Waals surface area contributed by atoms with Crippen LogP contribution in [0.1, 0.15) is 39.2 Å². The maximum absolute atomic E-state index is 13.1. The summed E-state index contributed by atoms with van der Waals surface area (Å²) in [6.45, 7) is 7.36. The number of nitrogens with one attached hydrogen (secondary N) is 1. The fourth-order valence-corrected chi connectivity index (χ4v) is 5.76. The zero-order valence-electron chi connectivity index (χ0n) is 21.4. The normalized spacial score (nSPS) is 12.4. The molecule has 4 rings (SSSR count). The van der Waals surface area contributed by atoms with Gasteiger partial charge in [-0.05, 0) is 57.9 Å². The van der Waals surface area contributed by atoms with Crippen LogP contribution in [0.3, 0.4) is 0 Å². The number of anilines is 1. The number of hydrogen-bond acceptors (Lipinski definition) is 5. The highest BCUT2D eigenvalue weighted by atomic mass is 79.9. The standard InChI is InChI=1S/C27H31BrClN5O2S/c1-5-27(2,3)19-11-13-20(14-12-19)37(35,36)33(4)16-8-15-30-25-17-24(21-9-6-7-10-23(21)29)32-26-22(28)18-31-34(25)26/h6-7,9-14,17-18,30H,5,8,15-16H2,1-4H3. The van der Waals surface area contributed by atoms with E-state index in [1.54, 1.807) is 29.9 Å². The Morgan fingerprint density at radius 2 is 1.84 bits per heavy atom. The monoisotopic (exact) mass is 603 g/mol. The Kier molecular flexibility index (Phi) is 8.28. The number of fused-ring (bicyclic) bond motifs is 1. The Labute approximate surface area is 232 Å². The van der Waals surface area contributed by atoms with Crippen molar-refractivity contribution in [2.24, 2.45) is 0 Å². The topological polar surface area (TPSA) is 79.6 Å². The first-order valence-corrected chi connectivity index (χ1v) is 14.8. The van der Waals surface area contributed by atoms with E-state index >= 15 is 0 Å². The van der Waals surface area contributed by atoms with Crippen molar-refractivity contribution in [3.05, 3.63) is 75.9 Å². The van der Waals surface area contributed by atoms with Crippen LogP contribution in [0.2, 0.25) is 5.02 Å². The predicted octanol–water partition coefficient (Wildman–Crippen LogP) is 6.62. The molecule has 0 amide bonds. The first kappa shape index (κ1) is 27.6. The van der Waals surface area contributed by atoms with Gasteiger partial charge in [-0.1, -0.05) is 62.7 Å². The second-order valence-corrected chi connectivity index (χ2v) is 12.9. The van der Waals surface area contributed by atoms with Gasteiger partial charge in [0.1, 0.15) is 5.82 Å². The van der Waals surface area contributed by atoms with E-state index in [1.165, 1.54) is 4.31 Å². The summed E-state index contributed by atoms with van der Waals surface area (Å²) >= 11 is 9.92. The van der Waals surface area contributed by atoms with Gasteiger partial charge in [0.25, 0.3) is 0 Å². The van der Waals surface area contributed by atoms with Gasteiger partial charge in [0, 0.05) is 36.8 Å². The molecule has 196 valence electrons. The van der Waals surface area contributed by atoms with Crippen molar-refractivity contribution in [1.82, 2.24) is 18.9 Å². The van der Waals surface area contributed by atoms with Crippen molar-refractivity contribution >= 4 is 49.0 Å². The summed E-state index contributed by atoms with van der Waals surface area (Å²) in [5.41, 5.74) is 3.34. The molecular formula is C27H31BrClN5O2S. The predicted molar refractivity (Wildman–Crippen MR) is 154 cm³/mol. The Bertz CT molecular complexity index is 1500. The lowest BCUT2D eigenvalue weighted by Gasteiger charge is -2.24. The fraction of sp³-hybridized carbons (Fsp3) is 0.333. The number of rotatable bonds is 10. The highest BCUT2D eigenvalue weighted by Gasteiger charge is 2.23. The number of benzene rings is 2. The number of aromatic nitrogens is 3. The molecule has 0 bridgehead atoms. The van der Waals surface area contributed by atoms with Gasteiger partial charge in [-0.2, -0.15) is 9.61 Å². The minimum atomic E-state index is -3.57. The van der Waals surface area contributed by atoms with Crippen molar-refractivity contribution in [1.29, 1.82) is 0 Å². The molecule has 0 fully saturated rings. The Morgan fingerprint density at radius 3 is 2.51 bits per heavy atom. The summed E-state index contributed by atoms with van der Waals surface area (Å²) in [5.74, 6) is 0.741. The van der Waals surface area contributed by atoms with E-state index in [0.29, 0.717) is 35.1 Å². The van der Waals surface area contributed by atoms with Crippen LogP contribution in [0.25, 0.3) is 16.9 Å². The third-order valence-corrected chi connectivity index (χ3v) is 9.52. The molecule has 2 heterocycles. The zero-order valence-corrected chi connectivity index (χ0v) is 24.5. The van der Waals surface area contributed by atoms with E-state index in [1.807, 2.05) is 42.5 Å². The van der Waals surface area contributed by atoms with Crippen LogP contribution in [-0.2, 0) is 15.4 Å². The van der Waals surface area contributed by atoms with Gasteiger partial charge < -0.3 is 5.32 Å². The van der Waals surface area contributed by atoms with Crippen molar-refractivity contribution in [2.75, 3.05) is 25.5 Å². The molecule has 10 heteroatoms. The van der Waals surface area contributed by atoms with Gasteiger partial charge in [0.05, 0.1) is 21.3 Å². The van der Waals surface area contributed by atoms with Crippen LogP contribution >= 0.6 is 27.5 Å². The Morgan fingerprint density at radius 1 is 1.14 bits per heavy atom. The Balaban J connectivity index is 1.45. The first-order chi connectivity index (χ1) is 17.5. The van der Waals surface area contributed by atoms with Gasteiger partial charge >= 0.3 is 0 Å². The summed E-state index contributed by atoms with van der Waals surface area (Å²) in [6.07, 6.45) is 3.27. The van der Waals surface area contributed by atoms with Crippen LogP contribution in [-0.4, -0.2) is 47.5 Å². The van der Waals surface area contributed by atoms with Crippen LogP contribution in [0.15, 0.2) is 70.2 Å². The molecule has 0 spiro atoms. The number of sulfonamides is 1. The Hall–Kier alpha value is -2.46. The fourth-order valence-electron chi connectivity index (χ4n) is 3.97. The van der Waals surface area contributed by atoms with E-state index in [9.17, 15) is 8.42 Å².